The van der Waals surface area contributed by atoms with Gasteiger partial charge in [0.05, 0.1) is 19.9 Å². The number of anilines is 1. The average Bonchev–Trinajstić information content (AvgIpc) is 2.72. The van der Waals surface area contributed by atoms with Gasteiger partial charge in [0.1, 0.15) is 11.3 Å². The molecule has 0 spiro atoms. The van der Waals surface area contributed by atoms with E-state index in [0.717, 1.165) is 21.7 Å². The Morgan fingerprint density at radius 2 is 1.74 bits per heavy atom. The molecule has 166 valence electrons. The van der Waals surface area contributed by atoms with Gasteiger partial charge >= 0.3 is 0 Å². The van der Waals surface area contributed by atoms with Gasteiger partial charge in [-0.05, 0) is 43.7 Å². The molecule has 1 fully saturated rings. The molecule has 0 aliphatic carbocycles. The summed E-state index contributed by atoms with van der Waals surface area (Å²) in [5.41, 5.74) is 1.07. The summed E-state index contributed by atoms with van der Waals surface area (Å²) in [6.45, 7) is 3.34. The maximum Gasteiger partial charge on any atom is 0.247 e. The molecular formula is C22H27N3O5S. The molecule has 2 aromatic carbocycles. The van der Waals surface area contributed by atoms with Crippen LogP contribution in [-0.4, -0.2) is 56.5 Å². The van der Waals surface area contributed by atoms with Crippen LogP contribution in [0.2, 0.25) is 0 Å². The van der Waals surface area contributed by atoms with Crippen LogP contribution in [0.25, 0.3) is 0 Å². The van der Waals surface area contributed by atoms with Crippen LogP contribution in [0, 0.1) is 6.92 Å². The highest BCUT2D eigenvalue weighted by atomic mass is 32.2. The number of nitrogens with one attached hydrogen (secondary N) is 1. The zero-order valence-corrected chi connectivity index (χ0v) is 18.9. The van der Waals surface area contributed by atoms with Gasteiger partial charge < -0.3 is 10.1 Å². The van der Waals surface area contributed by atoms with Crippen molar-refractivity contribution in [1.29, 1.82) is 0 Å². The fraction of sp³-hybridized carbons (Fsp3) is 0.364. The summed E-state index contributed by atoms with van der Waals surface area (Å²) in [5.74, 6) is -0.308. The first-order chi connectivity index (χ1) is 14.5. The molecule has 0 saturated carbocycles. The van der Waals surface area contributed by atoms with Gasteiger partial charge in [-0.3, -0.25) is 14.5 Å². The second-order valence-electron chi connectivity index (χ2n) is 7.90. The second-order valence-corrected chi connectivity index (χ2v) is 9.88. The lowest BCUT2D eigenvalue weighted by atomic mass is 9.94. The van der Waals surface area contributed by atoms with E-state index in [4.69, 9.17) is 4.74 Å². The Morgan fingerprint density at radius 3 is 2.29 bits per heavy atom. The third kappa shape index (κ3) is 4.88. The molecule has 31 heavy (non-hydrogen) atoms. The van der Waals surface area contributed by atoms with Crippen molar-refractivity contribution in [2.45, 2.75) is 25.9 Å². The molecular weight excluding hydrogens is 418 g/mol. The number of benzene rings is 2. The van der Waals surface area contributed by atoms with E-state index >= 15 is 0 Å². The predicted molar refractivity (Wildman–Crippen MR) is 118 cm³/mol. The fourth-order valence-electron chi connectivity index (χ4n) is 3.61. The van der Waals surface area contributed by atoms with Crippen molar-refractivity contribution in [1.82, 2.24) is 9.62 Å². The highest BCUT2D eigenvalue weighted by Crippen LogP contribution is 2.31. The Morgan fingerprint density at radius 1 is 1.13 bits per heavy atom. The van der Waals surface area contributed by atoms with Crippen LogP contribution >= 0.6 is 0 Å². The van der Waals surface area contributed by atoms with Crippen LogP contribution in [0.3, 0.4) is 0 Å². The van der Waals surface area contributed by atoms with Crippen molar-refractivity contribution in [2.24, 2.45) is 0 Å². The van der Waals surface area contributed by atoms with Crippen molar-refractivity contribution < 1.29 is 22.7 Å². The Hall–Kier alpha value is -2.91. The van der Waals surface area contributed by atoms with E-state index in [1.54, 1.807) is 31.2 Å². The molecule has 1 aliphatic rings. The number of hydrogen-bond donors (Lipinski definition) is 1. The van der Waals surface area contributed by atoms with Gasteiger partial charge in [-0.1, -0.05) is 29.8 Å². The van der Waals surface area contributed by atoms with E-state index in [0.29, 0.717) is 11.4 Å². The number of piperazine rings is 1. The first-order valence-corrected chi connectivity index (χ1v) is 11.7. The first kappa shape index (κ1) is 22.8. The van der Waals surface area contributed by atoms with E-state index < -0.39 is 27.4 Å². The summed E-state index contributed by atoms with van der Waals surface area (Å²) in [6, 6.07) is 14.5. The monoisotopic (exact) mass is 445 g/mol. The SMILES string of the molecule is COc1ccc(N2C(=O)CN(S(C)(=O)=O)C[C@]2(C)C(=O)NCc2ccc(C)cc2)cc1. The molecule has 3 rings (SSSR count). The van der Waals surface area contributed by atoms with Crippen LogP contribution in [0.15, 0.2) is 48.5 Å². The first-order valence-electron chi connectivity index (χ1n) is 9.81. The van der Waals surface area contributed by atoms with Gasteiger partial charge in [-0.15, -0.1) is 0 Å². The molecule has 2 aromatic rings. The fourth-order valence-corrected chi connectivity index (χ4v) is 4.44. The number of rotatable bonds is 6. The van der Waals surface area contributed by atoms with Crippen molar-refractivity contribution in [3.63, 3.8) is 0 Å². The van der Waals surface area contributed by atoms with Crippen LogP contribution in [0.5, 0.6) is 5.75 Å². The average molecular weight is 446 g/mol. The molecule has 8 nitrogen and oxygen atoms in total. The molecule has 0 bridgehead atoms. The third-order valence-electron chi connectivity index (χ3n) is 5.40. The summed E-state index contributed by atoms with van der Waals surface area (Å²) in [7, 11) is -2.13. The number of ether oxygens (including phenoxy) is 1. The van der Waals surface area contributed by atoms with E-state index in [1.807, 2.05) is 31.2 Å². The Balaban J connectivity index is 1.93. The lowest BCUT2D eigenvalue weighted by molar-refractivity contribution is -0.133. The molecule has 1 N–H and O–H groups in total. The number of sulfonamides is 1. The molecule has 9 heteroatoms. The van der Waals surface area contributed by atoms with Gasteiger partial charge in [-0.25, -0.2) is 8.42 Å². The number of methoxy groups -OCH3 is 1. The molecule has 0 radical (unpaired) electrons. The lowest BCUT2D eigenvalue weighted by Crippen LogP contribution is -2.70. The van der Waals surface area contributed by atoms with Gasteiger partial charge in [0, 0.05) is 18.8 Å². The van der Waals surface area contributed by atoms with Crippen molar-refractivity contribution in [2.75, 3.05) is 31.4 Å². The van der Waals surface area contributed by atoms with Crippen molar-refractivity contribution in [3.05, 3.63) is 59.7 Å². The summed E-state index contributed by atoms with van der Waals surface area (Å²) in [5, 5.41) is 2.86. The van der Waals surface area contributed by atoms with Gasteiger partial charge in [0.2, 0.25) is 21.8 Å². The smallest absolute Gasteiger partial charge is 0.247 e. The van der Waals surface area contributed by atoms with Crippen LogP contribution in [0.4, 0.5) is 5.69 Å². The van der Waals surface area contributed by atoms with Gasteiger partial charge in [0.25, 0.3) is 0 Å². The van der Waals surface area contributed by atoms with E-state index in [1.165, 1.54) is 12.0 Å². The topological polar surface area (TPSA) is 96.0 Å². The molecule has 2 amide bonds. The maximum absolute atomic E-state index is 13.3. The zero-order chi connectivity index (χ0) is 22.8. The lowest BCUT2D eigenvalue weighted by Gasteiger charge is -2.46. The number of nitrogens with zero attached hydrogens (tertiary/aromatic N) is 2. The highest BCUT2D eigenvalue weighted by molar-refractivity contribution is 7.88. The molecule has 1 heterocycles. The number of carbonyl (C=O) groups excluding carboxylic acids is 2. The highest BCUT2D eigenvalue weighted by Gasteiger charge is 2.50. The largest absolute Gasteiger partial charge is 0.497 e. The summed E-state index contributed by atoms with van der Waals surface area (Å²) in [6.07, 6.45) is 1.04. The minimum atomic E-state index is -3.67. The Bertz CT molecular complexity index is 1070. The number of amides is 2. The summed E-state index contributed by atoms with van der Waals surface area (Å²) >= 11 is 0. The molecule has 1 aliphatic heterocycles. The molecule has 1 saturated heterocycles. The quantitative estimate of drug-likeness (QED) is 0.730. The Labute approximate surface area is 182 Å². The standard InChI is InChI=1S/C22H27N3O5S/c1-16-5-7-17(8-6-16)13-23-21(27)22(2)15-24(31(4,28)29)14-20(26)25(22)18-9-11-19(30-3)12-10-18/h5-12H,13-15H2,1-4H3,(H,23,27)/t22-/m1/s1. The molecule has 0 unspecified atom stereocenters. The zero-order valence-electron chi connectivity index (χ0n) is 18.1. The third-order valence-corrected chi connectivity index (χ3v) is 6.60. The maximum atomic E-state index is 13.3. The van der Waals surface area contributed by atoms with Gasteiger partial charge in [0.15, 0.2) is 0 Å². The van der Waals surface area contributed by atoms with Crippen molar-refractivity contribution in [3.8, 4) is 5.75 Å². The molecule has 0 aromatic heterocycles. The van der Waals surface area contributed by atoms with Crippen LogP contribution < -0.4 is 15.0 Å². The predicted octanol–water partition coefficient (Wildman–Crippen LogP) is 1.69. The normalized spacial score (nSPS) is 19.9. The molecule has 1 atom stereocenters. The minimum absolute atomic E-state index is 0.149. The van der Waals surface area contributed by atoms with E-state index in [2.05, 4.69) is 5.32 Å². The number of carbonyl (C=O) groups is 2. The van der Waals surface area contributed by atoms with Crippen LogP contribution in [-0.2, 0) is 26.2 Å². The number of hydrogen-bond acceptors (Lipinski definition) is 5. The van der Waals surface area contributed by atoms with E-state index in [9.17, 15) is 18.0 Å². The summed E-state index contributed by atoms with van der Waals surface area (Å²) < 4.78 is 30.6. The minimum Gasteiger partial charge on any atom is -0.497 e. The van der Waals surface area contributed by atoms with Gasteiger partial charge in [-0.2, -0.15) is 4.31 Å². The number of aryl methyl sites for hydroxylation is 1. The second kappa shape index (κ2) is 8.68. The van der Waals surface area contributed by atoms with Crippen molar-refractivity contribution >= 4 is 27.5 Å². The summed E-state index contributed by atoms with van der Waals surface area (Å²) in [4.78, 5) is 27.8. The van der Waals surface area contributed by atoms with Crippen LogP contribution in [0.1, 0.15) is 18.1 Å². The van der Waals surface area contributed by atoms with E-state index in [-0.39, 0.29) is 19.6 Å². The Kier molecular flexibility index (Phi) is 6.38.